The van der Waals surface area contributed by atoms with Crippen LogP contribution in [0.15, 0.2) is 24.3 Å². The molecule has 1 heterocycles. The Bertz CT molecular complexity index is 574. The van der Waals surface area contributed by atoms with E-state index in [1.54, 1.807) is 12.0 Å². The van der Waals surface area contributed by atoms with Crippen LogP contribution < -0.4 is 4.74 Å². The Kier molecular flexibility index (Phi) is 6.61. The van der Waals surface area contributed by atoms with Crippen molar-refractivity contribution in [3.05, 3.63) is 29.8 Å². The number of nitrogens with zero attached hydrogens (tertiary/aromatic N) is 1. The fourth-order valence-corrected chi connectivity index (χ4v) is 3.00. The van der Waals surface area contributed by atoms with Crippen molar-refractivity contribution >= 4 is 11.9 Å². The first-order valence-electron chi connectivity index (χ1n) is 8.21. The molecule has 1 fully saturated rings. The molecule has 6 heteroatoms. The van der Waals surface area contributed by atoms with Gasteiger partial charge in [0, 0.05) is 26.5 Å². The van der Waals surface area contributed by atoms with Crippen LogP contribution in [0.1, 0.15) is 25.3 Å². The number of hydrogen-bond donors (Lipinski definition) is 0. The molecule has 132 valence electrons. The molecule has 0 aliphatic carbocycles. The maximum Gasteiger partial charge on any atom is 0.328 e. The van der Waals surface area contributed by atoms with Gasteiger partial charge in [-0.3, -0.25) is 4.79 Å². The summed E-state index contributed by atoms with van der Waals surface area (Å²) in [5, 5.41) is 0. The Hall–Kier alpha value is -2.08. The van der Waals surface area contributed by atoms with Crippen molar-refractivity contribution in [2.75, 3.05) is 27.4 Å². The number of ether oxygens (including phenoxy) is 3. The Morgan fingerprint density at radius 1 is 1.25 bits per heavy atom. The summed E-state index contributed by atoms with van der Waals surface area (Å²) in [5.74, 6) is 0.336. The maximum atomic E-state index is 12.6. The molecule has 2 atom stereocenters. The van der Waals surface area contributed by atoms with E-state index in [0.29, 0.717) is 32.4 Å². The van der Waals surface area contributed by atoms with E-state index in [4.69, 9.17) is 14.2 Å². The second kappa shape index (κ2) is 8.68. The van der Waals surface area contributed by atoms with E-state index >= 15 is 0 Å². The number of para-hydroxylation sites is 1. The summed E-state index contributed by atoms with van der Waals surface area (Å²) in [5.41, 5.74) is 0.991. The van der Waals surface area contributed by atoms with Gasteiger partial charge in [-0.2, -0.15) is 0 Å². The molecule has 1 aromatic rings. The summed E-state index contributed by atoms with van der Waals surface area (Å²) < 4.78 is 15.7. The zero-order valence-electron chi connectivity index (χ0n) is 14.5. The van der Waals surface area contributed by atoms with E-state index in [9.17, 15) is 9.59 Å². The van der Waals surface area contributed by atoms with Crippen molar-refractivity contribution in [3.63, 3.8) is 0 Å². The molecule has 0 bridgehead atoms. The largest absolute Gasteiger partial charge is 0.494 e. The van der Waals surface area contributed by atoms with E-state index in [2.05, 4.69) is 0 Å². The van der Waals surface area contributed by atoms with Gasteiger partial charge in [0.2, 0.25) is 5.91 Å². The SMILES string of the molecule is CCOc1ccccc1CCC(=O)N1CC(OC)CC1C(=O)OC. The van der Waals surface area contributed by atoms with Crippen LogP contribution in [0.5, 0.6) is 5.75 Å². The van der Waals surface area contributed by atoms with Crippen LogP contribution in [0.4, 0.5) is 0 Å². The highest BCUT2D eigenvalue weighted by Gasteiger charge is 2.40. The highest BCUT2D eigenvalue weighted by molar-refractivity contribution is 5.85. The van der Waals surface area contributed by atoms with E-state index in [1.165, 1.54) is 7.11 Å². The molecule has 0 radical (unpaired) electrons. The number of carbonyl (C=O) groups is 2. The van der Waals surface area contributed by atoms with Crippen molar-refractivity contribution in [2.45, 2.75) is 38.3 Å². The molecule has 1 aliphatic heterocycles. The van der Waals surface area contributed by atoms with Crippen LogP contribution in [-0.2, 0) is 25.5 Å². The van der Waals surface area contributed by atoms with Crippen LogP contribution >= 0.6 is 0 Å². The normalized spacial score (nSPS) is 20.0. The van der Waals surface area contributed by atoms with E-state index in [-0.39, 0.29) is 12.0 Å². The fraction of sp³-hybridized carbons (Fsp3) is 0.556. The van der Waals surface area contributed by atoms with Gasteiger partial charge in [0.1, 0.15) is 11.8 Å². The lowest BCUT2D eigenvalue weighted by molar-refractivity contribution is -0.150. The molecule has 2 unspecified atom stereocenters. The Morgan fingerprint density at radius 3 is 2.67 bits per heavy atom. The van der Waals surface area contributed by atoms with Crippen LogP contribution in [-0.4, -0.2) is 56.3 Å². The first-order chi connectivity index (χ1) is 11.6. The van der Waals surface area contributed by atoms with E-state index in [0.717, 1.165) is 11.3 Å². The highest BCUT2D eigenvalue weighted by atomic mass is 16.5. The lowest BCUT2D eigenvalue weighted by Crippen LogP contribution is -2.41. The number of amides is 1. The number of rotatable bonds is 7. The van der Waals surface area contributed by atoms with Crippen LogP contribution in [0.25, 0.3) is 0 Å². The first-order valence-corrected chi connectivity index (χ1v) is 8.21. The topological polar surface area (TPSA) is 65.1 Å². The Labute approximate surface area is 142 Å². The molecule has 2 rings (SSSR count). The maximum absolute atomic E-state index is 12.6. The van der Waals surface area contributed by atoms with Crippen LogP contribution in [0.3, 0.4) is 0 Å². The van der Waals surface area contributed by atoms with Gasteiger partial charge in [0.05, 0.1) is 19.8 Å². The van der Waals surface area contributed by atoms with Crippen molar-refractivity contribution in [1.82, 2.24) is 4.90 Å². The monoisotopic (exact) mass is 335 g/mol. The smallest absolute Gasteiger partial charge is 0.328 e. The summed E-state index contributed by atoms with van der Waals surface area (Å²) >= 11 is 0. The molecule has 1 saturated heterocycles. The predicted molar refractivity (Wildman–Crippen MR) is 88.9 cm³/mol. The number of likely N-dealkylation sites (tertiary alicyclic amines) is 1. The summed E-state index contributed by atoms with van der Waals surface area (Å²) in [6, 6.07) is 7.13. The Morgan fingerprint density at radius 2 is 2.00 bits per heavy atom. The minimum atomic E-state index is -0.561. The van der Waals surface area contributed by atoms with Crippen molar-refractivity contribution in [2.24, 2.45) is 0 Å². The van der Waals surface area contributed by atoms with Crippen molar-refractivity contribution in [3.8, 4) is 5.75 Å². The van der Waals surface area contributed by atoms with Gasteiger partial charge in [0.15, 0.2) is 0 Å². The molecule has 1 aliphatic rings. The van der Waals surface area contributed by atoms with Crippen molar-refractivity contribution in [1.29, 1.82) is 0 Å². The lowest BCUT2D eigenvalue weighted by atomic mass is 10.1. The van der Waals surface area contributed by atoms with Gasteiger partial charge in [-0.15, -0.1) is 0 Å². The molecule has 1 aromatic carbocycles. The number of methoxy groups -OCH3 is 2. The van der Waals surface area contributed by atoms with E-state index in [1.807, 2.05) is 31.2 Å². The molecule has 1 amide bonds. The third-order valence-electron chi connectivity index (χ3n) is 4.27. The third kappa shape index (κ3) is 4.26. The molecule has 0 spiro atoms. The zero-order valence-corrected chi connectivity index (χ0v) is 14.5. The molecule has 0 saturated carbocycles. The first kappa shape index (κ1) is 18.3. The lowest BCUT2D eigenvalue weighted by Gasteiger charge is -2.22. The second-order valence-corrected chi connectivity index (χ2v) is 5.72. The number of benzene rings is 1. The highest BCUT2D eigenvalue weighted by Crippen LogP contribution is 2.24. The van der Waals surface area contributed by atoms with Gasteiger partial charge in [-0.1, -0.05) is 18.2 Å². The standard InChI is InChI=1S/C18H25NO5/c1-4-24-16-8-6-5-7-13(16)9-10-17(20)19-12-14(22-2)11-15(19)18(21)23-3/h5-8,14-15H,4,9-12H2,1-3H3. The summed E-state index contributed by atoms with van der Waals surface area (Å²) in [4.78, 5) is 26.1. The summed E-state index contributed by atoms with van der Waals surface area (Å²) in [6.45, 7) is 2.93. The number of esters is 1. The number of hydrogen-bond acceptors (Lipinski definition) is 5. The van der Waals surface area contributed by atoms with Gasteiger partial charge >= 0.3 is 5.97 Å². The van der Waals surface area contributed by atoms with E-state index < -0.39 is 12.0 Å². The second-order valence-electron chi connectivity index (χ2n) is 5.72. The van der Waals surface area contributed by atoms with Crippen LogP contribution in [0.2, 0.25) is 0 Å². The van der Waals surface area contributed by atoms with Gasteiger partial charge in [-0.25, -0.2) is 4.79 Å². The van der Waals surface area contributed by atoms with Crippen LogP contribution in [0, 0.1) is 0 Å². The molecular weight excluding hydrogens is 310 g/mol. The number of carbonyl (C=O) groups excluding carboxylic acids is 2. The summed E-state index contributed by atoms with van der Waals surface area (Å²) in [7, 11) is 2.93. The average molecular weight is 335 g/mol. The number of aryl methyl sites for hydroxylation is 1. The molecule has 6 nitrogen and oxygen atoms in total. The average Bonchev–Trinajstić information content (AvgIpc) is 3.05. The summed E-state index contributed by atoms with van der Waals surface area (Å²) in [6.07, 6.45) is 1.23. The molecule has 0 aromatic heterocycles. The molecule has 0 N–H and O–H groups in total. The van der Waals surface area contributed by atoms with Gasteiger partial charge < -0.3 is 19.1 Å². The predicted octanol–water partition coefficient (Wildman–Crippen LogP) is 1.81. The zero-order chi connectivity index (χ0) is 17.5. The van der Waals surface area contributed by atoms with Crippen molar-refractivity contribution < 1.29 is 23.8 Å². The van der Waals surface area contributed by atoms with Gasteiger partial charge in [-0.05, 0) is 25.0 Å². The molecular formula is C18H25NO5. The minimum Gasteiger partial charge on any atom is -0.494 e. The Balaban J connectivity index is 2.02. The van der Waals surface area contributed by atoms with Gasteiger partial charge in [0.25, 0.3) is 0 Å². The quantitative estimate of drug-likeness (QED) is 0.711. The minimum absolute atomic E-state index is 0.0729. The fourth-order valence-electron chi connectivity index (χ4n) is 3.00. The third-order valence-corrected chi connectivity index (χ3v) is 4.27. The molecule has 24 heavy (non-hydrogen) atoms.